The maximum absolute atomic E-state index is 12.3. The Bertz CT molecular complexity index is 439. The molecule has 1 aromatic rings. The molecule has 1 aromatic heterocycles. The monoisotopic (exact) mass is 250 g/mol. The summed E-state index contributed by atoms with van der Waals surface area (Å²) in [5, 5.41) is 4.21. The van der Waals surface area contributed by atoms with Crippen molar-refractivity contribution in [2.75, 3.05) is 7.11 Å². The number of aromatic nitrogens is 2. The zero-order valence-corrected chi connectivity index (χ0v) is 11.9. The van der Waals surface area contributed by atoms with Gasteiger partial charge in [-0.2, -0.15) is 5.10 Å². The van der Waals surface area contributed by atoms with E-state index in [0.29, 0.717) is 11.4 Å². The minimum absolute atomic E-state index is 0.0308. The molecule has 0 saturated carbocycles. The first-order chi connectivity index (χ1) is 8.54. The van der Waals surface area contributed by atoms with Crippen LogP contribution >= 0.6 is 0 Å². The first kappa shape index (κ1) is 14.5. The van der Waals surface area contributed by atoms with E-state index in [4.69, 9.17) is 4.74 Å². The largest absolute Gasteiger partial charge is 0.493 e. The third-order valence-corrected chi connectivity index (χ3v) is 2.95. The maximum Gasteiger partial charge on any atom is 0.207 e. The van der Waals surface area contributed by atoms with Crippen molar-refractivity contribution < 1.29 is 9.53 Å². The summed E-state index contributed by atoms with van der Waals surface area (Å²) < 4.78 is 6.92. The number of carbonyl (C=O) groups is 1. The highest BCUT2D eigenvalue weighted by Crippen LogP contribution is 2.22. The fourth-order valence-electron chi connectivity index (χ4n) is 1.83. The van der Waals surface area contributed by atoms with Crippen LogP contribution in [0.4, 0.5) is 0 Å². The first-order valence-corrected chi connectivity index (χ1v) is 6.40. The van der Waals surface area contributed by atoms with Crippen molar-refractivity contribution in [2.24, 2.45) is 0 Å². The van der Waals surface area contributed by atoms with Gasteiger partial charge in [0.25, 0.3) is 0 Å². The van der Waals surface area contributed by atoms with Gasteiger partial charge in [-0.1, -0.05) is 19.4 Å². The van der Waals surface area contributed by atoms with Crippen molar-refractivity contribution in [2.45, 2.75) is 46.6 Å². The fraction of sp³-hybridized carbons (Fsp3) is 0.571. The van der Waals surface area contributed by atoms with Gasteiger partial charge in [0.05, 0.1) is 13.3 Å². The van der Waals surface area contributed by atoms with E-state index in [0.717, 1.165) is 18.4 Å². The minimum atomic E-state index is -0.0308. The summed E-state index contributed by atoms with van der Waals surface area (Å²) in [7, 11) is 1.56. The maximum atomic E-state index is 12.3. The summed E-state index contributed by atoms with van der Waals surface area (Å²) in [6, 6.07) is 0.132. The van der Waals surface area contributed by atoms with Gasteiger partial charge in [0.15, 0.2) is 11.4 Å². The van der Waals surface area contributed by atoms with Crippen molar-refractivity contribution in [1.29, 1.82) is 0 Å². The average Bonchev–Trinajstić information content (AvgIpc) is 2.79. The normalized spacial score (nSPS) is 10.6. The van der Waals surface area contributed by atoms with Crippen LogP contribution < -0.4 is 4.74 Å². The van der Waals surface area contributed by atoms with Crippen LogP contribution in [0.5, 0.6) is 5.75 Å². The molecule has 0 bridgehead atoms. The number of methoxy groups -OCH3 is 1. The van der Waals surface area contributed by atoms with E-state index < -0.39 is 0 Å². The van der Waals surface area contributed by atoms with E-state index in [9.17, 15) is 4.79 Å². The van der Waals surface area contributed by atoms with Crippen molar-refractivity contribution in [3.8, 4) is 5.75 Å². The van der Waals surface area contributed by atoms with Gasteiger partial charge in [0.1, 0.15) is 0 Å². The number of hydrogen-bond acceptors (Lipinski definition) is 3. The number of ether oxygens (including phenoxy) is 1. The van der Waals surface area contributed by atoms with Gasteiger partial charge in [0.2, 0.25) is 5.78 Å². The number of carbonyl (C=O) groups excluding carboxylic acids is 1. The Morgan fingerprint density at radius 2 is 2.06 bits per heavy atom. The summed E-state index contributed by atoms with van der Waals surface area (Å²) in [6.45, 7) is 8.10. The fourth-order valence-corrected chi connectivity index (χ4v) is 1.83. The molecule has 0 fully saturated rings. The molecule has 0 aromatic carbocycles. The molecular weight excluding hydrogens is 228 g/mol. The van der Waals surface area contributed by atoms with E-state index in [1.807, 2.05) is 13.8 Å². The van der Waals surface area contributed by atoms with E-state index in [1.165, 1.54) is 0 Å². The summed E-state index contributed by atoms with van der Waals surface area (Å²) in [5.41, 5.74) is 1.67. The molecule has 4 heteroatoms. The van der Waals surface area contributed by atoms with Crippen LogP contribution in [0.2, 0.25) is 0 Å². The summed E-state index contributed by atoms with van der Waals surface area (Å²) in [4.78, 5) is 12.3. The van der Waals surface area contributed by atoms with Crippen LogP contribution in [-0.2, 0) is 0 Å². The third-order valence-electron chi connectivity index (χ3n) is 2.95. The predicted octanol–water partition coefficient (Wildman–Crippen LogP) is 3.40. The molecular formula is C14H22N2O2. The SMILES string of the molecule is CCC(=CC(=O)c1c(OC)cnn1C(C)C)CC. The quantitative estimate of drug-likeness (QED) is 0.574. The van der Waals surface area contributed by atoms with Gasteiger partial charge in [-0.25, -0.2) is 0 Å². The lowest BCUT2D eigenvalue weighted by Crippen LogP contribution is -2.12. The van der Waals surface area contributed by atoms with E-state index in [1.54, 1.807) is 24.1 Å². The summed E-state index contributed by atoms with van der Waals surface area (Å²) >= 11 is 0. The Morgan fingerprint density at radius 3 is 2.50 bits per heavy atom. The van der Waals surface area contributed by atoms with E-state index in [-0.39, 0.29) is 11.8 Å². The van der Waals surface area contributed by atoms with Crippen LogP contribution in [0.25, 0.3) is 0 Å². The molecule has 0 aliphatic carbocycles. The zero-order chi connectivity index (χ0) is 13.7. The van der Waals surface area contributed by atoms with Gasteiger partial charge in [0, 0.05) is 6.04 Å². The molecule has 0 N–H and O–H groups in total. The zero-order valence-electron chi connectivity index (χ0n) is 11.9. The highest BCUT2D eigenvalue weighted by atomic mass is 16.5. The average molecular weight is 250 g/mol. The van der Waals surface area contributed by atoms with Crippen molar-refractivity contribution >= 4 is 5.78 Å². The predicted molar refractivity (Wildman–Crippen MR) is 72.2 cm³/mol. The van der Waals surface area contributed by atoms with Crippen LogP contribution in [0.3, 0.4) is 0 Å². The molecule has 0 saturated heterocycles. The number of allylic oxidation sites excluding steroid dienone is 2. The molecule has 1 rings (SSSR count). The molecule has 1 heterocycles. The molecule has 0 aliphatic heterocycles. The lowest BCUT2D eigenvalue weighted by atomic mass is 10.1. The summed E-state index contributed by atoms with van der Waals surface area (Å²) in [5.74, 6) is 0.508. The number of rotatable bonds is 6. The number of hydrogen-bond donors (Lipinski definition) is 0. The number of nitrogens with zero attached hydrogens (tertiary/aromatic N) is 2. The van der Waals surface area contributed by atoms with Gasteiger partial charge in [-0.3, -0.25) is 9.48 Å². The van der Waals surface area contributed by atoms with Crippen molar-refractivity contribution in [3.63, 3.8) is 0 Å². The van der Waals surface area contributed by atoms with Crippen LogP contribution in [-0.4, -0.2) is 22.7 Å². The number of ketones is 1. The van der Waals surface area contributed by atoms with Crippen LogP contribution in [0, 0.1) is 0 Å². The molecule has 0 atom stereocenters. The second-order valence-electron chi connectivity index (χ2n) is 4.47. The molecule has 0 amide bonds. The van der Waals surface area contributed by atoms with Crippen molar-refractivity contribution in [1.82, 2.24) is 9.78 Å². The Morgan fingerprint density at radius 1 is 1.44 bits per heavy atom. The molecule has 0 radical (unpaired) electrons. The van der Waals surface area contributed by atoms with E-state index >= 15 is 0 Å². The molecule has 0 spiro atoms. The Kier molecular flexibility index (Phi) is 5.13. The Balaban J connectivity index is 3.18. The molecule has 18 heavy (non-hydrogen) atoms. The summed E-state index contributed by atoms with van der Waals surface area (Å²) in [6.07, 6.45) is 5.08. The second kappa shape index (κ2) is 6.38. The van der Waals surface area contributed by atoms with Crippen LogP contribution in [0.1, 0.15) is 57.1 Å². The standard InChI is InChI=1S/C14H22N2O2/c1-6-11(7-2)8-12(17)14-13(18-5)9-15-16(14)10(3)4/h8-10H,6-7H2,1-5H3. The third kappa shape index (κ3) is 3.00. The lowest BCUT2D eigenvalue weighted by molar-refractivity contribution is 0.103. The lowest BCUT2D eigenvalue weighted by Gasteiger charge is -2.10. The van der Waals surface area contributed by atoms with Gasteiger partial charge < -0.3 is 4.74 Å². The highest BCUT2D eigenvalue weighted by molar-refractivity contribution is 6.05. The van der Waals surface area contributed by atoms with Gasteiger partial charge >= 0.3 is 0 Å². The minimum Gasteiger partial charge on any atom is -0.493 e. The first-order valence-electron chi connectivity index (χ1n) is 6.40. The molecule has 100 valence electrons. The van der Waals surface area contributed by atoms with Gasteiger partial charge in [-0.15, -0.1) is 0 Å². The van der Waals surface area contributed by atoms with Crippen LogP contribution in [0.15, 0.2) is 17.8 Å². The van der Waals surface area contributed by atoms with Gasteiger partial charge in [-0.05, 0) is 32.8 Å². The Hall–Kier alpha value is -1.58. The highest BCUT2D eigenvalue weighted by Gasteiger charge is 2.19. The van der Waals surface area contributed by atoms with E-state index in [2.05, 4.69) is 18.9 Å². The second-order valence-corrected chi connectivity index (χ2v) is 4.47. The smallest absolute Gasteiger partial charge is 0.207 e. The topological polar surface area (TPSA) is 44.1 Å². The molecule has 0 aliphatic rings. The molecule has 0 unspecified atom stereocenters. The Labute approximate surface area is 109 Å². The molecule has 4 nitrogen and oxygen atoms in total. The van der Waals surface area contributed by atoms with Crippen molar-refractivity contribution in [3.05, 3.63) is 23.5 Å².